The number of anilines is 1. The van der Waals surface area contributed by atoms with Crippen LogP contribution in [0.1, 0.15) is 20.3 Å². The first-order valence-electron chi connectivity index (χ1n) is 6.81. The topological polar surface area (TPSA) is 24.5 Å². The number of piperidine rings is 1. The van der Waals surface area contributed by atoms with E-state index in [1.807, 2.05) is 6.07 Å². The van der Waals surface area contributed by atoms with Crippen molar-refractivity contribution in [3.63, 3.8) is 0 Å². The molecule has 1 fully saturated rings. The Morgan fingerprint density at radius 2 is 2.05 bits per heavy atom. The lowest BCUT2D eigenvalue weighted by Crippen LogP contribution is -2.48. The van der Waals surface area contributed by atoms with Gasteiger partial charge in [0.1, 0.15) is 5.75 Å². The Bertz CT molecular complexity index is 438. The van der Waals surface area contributed by atoms with E-state index in [4.69, 9.17) is 4.74 Å². The van der Waals surface area contributed by atoms with Gasteiger partial charge in [-0.2, -0.15) is 0 Å². The van der Waals surface area contributed by atoms with Gasteiger partial charge in [0.2, 0.25) is 0 Å². The van der Waals surface area contributed by atoms with Crippen LogP contribution in [0.3, 0.4) is 0 Å². The van der Waals surface area contributed by atoms with Crippen molar-refractivity contribution < 1.29 is 4.74 Å². The van der Waals surface area contributed by atoms with Gasteiger partial charge in [-0.15, -0.1) is 0 Å². The van der Waals surface area contributed by atoms with E-state index in [1.54, 1.807) is 7.11 Å². The molecule has 0 saturated carbocycles. The third kappa shape index (κ3) is 3.63. The number of halogens is 1. The van der Waals surface area contributed by atoms with Crippen LogP contribution in [0, 0.1) is 5.92 Å². The number of hydrogen-bond acceptors (Lipinski definition) is 3. The van der Waals surface area contributed by atoms with Gasteiger partial charge >= 0.3 is 0 Å². The fourth-order valence-electron chi connectivity index (χ4n) is 2.72. The van der Waals surface area contributed by atoms with Crippen molar-refractivity contribution in [1.82, 2.24) is 4.90 Å². The number of nitrogens with one attached hydrogen (secondary N) is 1. The number of rotatable bonds is 3. The first kappa shape index (κ1) is 14.7. The predicted octanol–water partition coefficient (Wildman–Crippen LogP) is 3.60. The molecule has 0 aromatic heterocycles. The zero-order valence-electron chi connectivity index (χ0n) is 12.1. The first-order chi connectivity index (χ1) is 8.99. The van der Waals surface area contributed by atoms with E-state index in [1.165, 1.54) is 6.42 Å². The minimum absolute atomic E-state index is 0.519. The molecule has 3 unspecified atom stereocenters. The van der Waals surface area contributed by atoms with E-state index >= 15 is 0 Å². The number of nitrogens with zero attached hydrogens (tertiary/aromatic N) is 1. The molecule has 106 valence electrons. The molecule has 1 aliphatic heterocycles. The van der Waals surface area contributed by atoms with Gasteiger partial charge in [-0.25, -0.2) is 0 Å². The van der Waals surface area contributed by atoms with Gasteiger partial charge in [0, 0.05) is 34.9 Å². The van der Waals surface area contributed by atoms with Gasteiger partial charge in [0.25, 0.3) is 0 Å². The maximum absolute atomic E-state index is 5.31. The molecule has 0 radical (unpaired) electrons. The Hall–Kier alpha value is -0.740. The fraction of sp³-hybridized carbons (Fsp3) is 0.600. The summed E-state index contributed by atoms with van der Waals surface area (Å²) in [5, 5.41) is 3.66. The minimum atomic E-state index is 0.519. The Balaban J connectivity index is 2.10. The average Bonchev–Trinajstić information content (AvgIpc) is 2.35. The maximum Gasteiger partial charge on any atom is 0.122 e. The van der Waals surface area contributed by atoms with Crippen LogP contribution < -0.4 is 10.1 Å². The Morgan fingerprint density at radius 1 is 1.32 bits per heavy atom. The number of likely N-dealkylation sites (tertiary alicyclic amines) is 1. The minimum Gasteiger partial charge on any atom is -0.497 e. The van der Waals surface area contributed by atoms with E-state index < -0.39 is 0 Å². The second-order valence-corrected chi connectivity index (χ2v) is 6.55. The summed E-state index contributed by atoms with van der Waals surface area (Å²) in [6.45, 7) is 5.75. The lowest BCUT2D eigenvalue weighted by Gasteiger charge is -2.40. The van der Waals surface area contributed by atoms with E-state index in [-0.39, 0.29) is 0 Å². The predicted molar refractivity (Wildman–Crippen MR) is 84.0 cm³/mol. The standard InChI is InChI=1S/C15H23BrN2O/c1-10-9-18(3)11(2)5-15(10)17-13-6-12(16)7-14(8-13)19-4/h6-8,10-11,15,17H,5,9H2,1-4H3. The molecule has 2 rings (SSSR count). The first-order valence-corrected chi connectivity index (χ1v) is 7.60. The molecule has 1 saturated heterocycles. The lowest BCUT2D eigenvalue weighted by atomic mass is 9.89. The number of methoxy groups -OCH3 is 1. The van der Waals surface area contributed by atoms with Gasteiger partial charge < -0.3 is 15.0 Å². The second-order valence-electron chi connectivity index (χ2n) is 5.63. The summed E-state index contributed by atoms with van der Waals surface area (Å²) >= 11 is 3.53. The van der Waals surface area contributed by atoms with Crippen molar-refractivity contribution in [3.8, 4) is 5.75 Å². The highest BCUT2D eigenvalue weighted by Gasteiger charge is 2.28. The molecule has 1 N–H and O–H groups in total. The molecule has 4 heteroatoms. The summed E-state index contributed by atoms with van der Waals surface area (Å²) in [5.74, 6) is 1.52. The SMILES string of the molecule is COc1cc(Br)cc(NC2CC(C)N(C)CC2C)c1. The van der Waals surface area contributed by atoms with Gasteiger partial charge in [-0.1, -0.05) is 22.9 Å². The van der Waals surface area contributed by atoms with Gasteiger partial charge in [-0.05, 0) is 38.4 Å². The van der Waals surface area contributed by atoms with Crippen LogP contribution in [0.15, 0.2) is 22.7 Å². The van der Waals surface area contributed by atoms with Crippen molar-refractivity contribution in [2.75, 3.05) is 26.0 Å². The Kier molecular flexibility index (Phi) is 4.74. The molecular formula is C15H23BrN2O. The molecule has 3 atom stereocenters. The van der Waals surface area contributed by atoms with Crippen LogP contribution in [0.5, 0.6) is 5.75 Å². The number of ether oxygens (including phenoxy) is 1. The summed E-state index contributed by atoms with van der Waals surface area (Å²) in [6.07, 6.45) is 1.17. The normalized spacial score (nSPS) is 28.2. The van der Waals surface area contributed by atoms with Crippen molar-refractivity contribution in [1.29, 1.82) is 0 Å². The van der Waals surface area contributed by atoms with Crippen LogP contribution in [-0.2, 0) is 0 Å². The largest absolute Gasteiger partial charge is 0.497 e. The molecule has 1 heterocycles. The van der Waals surface area contributed by atoms with Crippen molar-refractivity contribution >= 4 is 21.6 Å². The molecule has 1 aromatic carbocycles. The fourth-order valence-corrected chi connectivity index (χ4v) is 3.19. The third-order valence-electron chi connectivity index (χ3n) is 4.07. The van der Waals surface area contributed by atoms with Crippen LogP contribution in [-0.4, -0.2) is 37.7 Å². The zero-order chi connectivity index (χ0) is 14.0. The van der Waals surface area contributed by atoms with Crippen LogP contribution >= 0.6 is 15.9 Å². The van der Waals surface area contributed by atoms with Crippen molar-refractivity contribution in [2.24, 2.45) is 5.92 Å². The summed E-state index contributed by atoms with van der Waals surface area (Å²) in [5.41, 5.74) is 1.12. The second kappa shape index (κ2) is 6.14. The third-order valence-corrected chi connectivity index (χ3v) is 4.53. The number of hydrogen-bond donors (Lipinski definition) is 1. The number of benzene rings is 1. The highest BCUT2D eigenvalue weighted by atomic mass is 79.9. The van der Waals surface area contributed by atoms with Crippen LogP contribution in [0.25, 0.3) is 0 Å². The van der Waals surface area contributed by atoms with Gasteiger partial charge in [0.15, 0.2) is 0 Å². The highest BCUT2D eigenvalue weighted by molar-refractivity contribution is 9.10. The molecule has 19 heavy (non-hydrogen) atoms. The molecule has 0 bridgehead atoms. The molecular weight excluding hydrogens is 304 g/mol. The summed E-state index contributed by atoms with van der Waals surface area (Å²) in [6, 6.07) is 7.29. The lowest BCUT2D eigenvalue weighted by molar-refractivity contribution is 0.145. The summed E-state index contributed by atoms with van der Waals surface area (Å²) in [4.78, 5) is 2.43. The quantitative estimate of drug-likeness (QED) is 0.918. The molecule has 1 aliphatic rings. The van der Waals surface area contributed by atoms with Crippen molar-refractivity contribution in [3.05, 3.63) is 22.7 Å². The van der Waals surface area contributed by atoms with E-state index in [2.05, 4.69) is 59.2 Å². The summed E-state index contributed by atoms with van der Waals surface area (Å²) in [7, 11) is 3.91. The molecule has 0 amide bonds. The van der Waals surface area contributed by atoms with E-state index in [9.17, 15) is 0 Å². The average molecular weight is 327 g/mol. The van der Waals surface area contributed by atoms with Crippen molar-refractivity contribution in [2.45, 2.75) is 32.4 Å². The molecule has 0 spiro atoms. The highest BCUT2D eigenvalue weighted by Crippen LogP contribution is 2.28. The van der Waals surface area contributed by atoms with Gasteiger partial charge in [0.05, 0.1) is 7.11 Å². The Morgan fingerprint density at radius 3 is 2.74 bits per heavy atom. The maximum atomic E-state index is 5.31. The monoisotopic (exact) mass is 326 g/mol. The smallest absolute Gasteiger partial charge is 0.122 e. The molecule has 1 aromatic rings. The molecule has 3 nitrogen and oxygen atoms in total. The van der Waals surface area contributed by atoms with Crippen LogP contribution in [0.4, 0.5) is 5.69 Å². The summed E-state index contributed by atoms with van der Waals surface area (Å²) < 4.78 is 6.36. The molecule has 0 aliphatic carbocycles. The Labute approximate surface area is 124 Å². The zero-order valence-corrected chi connectivity index (χ0v) is 13.7. The van der Waals surface area contributed by atoms with E-state index in [0.717, 1.165) is 22.5 Å². The van der Waals surface area contributed by atoms with Gasteiger partial charge in [-0.3, -0.25) is 0 Å². The van der Waals surface area contributed by atoms with E-state index in [0.29, 0.717) is 18.0 Å². The van der Waals surface area contributed by atoms with Crippen LogP contribution in [0.2, 0.25) is 0 Å².